The smallest absolute Gasteiger partial charge is 0.0490 e. The number of hydrogen-bond donors (Lipinski definition) is 0. The van der Waals surface area contributed by atoms with Crippen LogP contribution in [0.3, 0.4) is 0 Å². The van der Waals surface area contributed by atoms with Crippen molar-refractivity contribution in [1.29, 1.82) is 0 Å². The average molecular weight is 304 g/mol. The molecule has 0 aliphatic rings. The molecular weight excluding hydrogens is 286 g/mol. The second kappa shape index (κ2) is 6.87. The largest absolute Gasteiger partial charge is 0.349 e. The summed E-state index contributed by atoms with van der Waals surface area (Å²) in [7, 11) is 2.06. The van der Waals surface area contributed by atoms with E-state index in [-0.39, 0.29) is 0 Å². The first-order valence-corrected chi connectivity index (χ1v) is 7.91. The maximum atomic E-state index is 6.08. The first-order valence-electron chi connectivity index (χ1n) is 6.71. The van der Waals surface area contributed by atoms with Gasteiger partial charge in [-0.3, -0.25) is 0 Å². The van der Waals surface area contributed by atoms with Gasteiger partial charge < -0.3 is 4.57 Å². The molecule has 0 N–H and O–H groups in total. The van der Waals surface area contributed by atoms with E-state index in [2.05, 4.69) is 48.1 Å². The van der Waals surface area contributed by atoms with Gasteiger partial charge in [0.25, 0.3) is 0 Å². The van der Waals surface area contributed by atoms with Crippen molar-refractivity contribution in [2.45, 2.75) is 23.6 Å². The van der Waals surface area contributed by atoms with E-state index in [9.17, 15) is 0 Å². The van der Waals surface area contributed by atoms with E-state index in [1.807, 2.05) is 32.0 Å². The quantitative estimate of drug-likeness (QED) is 0.561. The average Bonchev–Trinajstić information content (AvgIpc) is 2.78. The number of halogens is 1. The molecule has 0 atom stereocenters. The van der Waals surface area contributed by atoms with Gasteiger partial charge in [-0.25, -0.2) is 0 Å². The van der Waals surface area contributed by atoms with Crippen molar-refractivity contribution >= 4 is 34.3 Å². The van der Waals surface area contributed by atoms with Crippen LogP contribution in [0.2, 0.25) is 5.02 Å². The molecule has 1 nitrogen and oxygen atoms in total. The van der Waals surface area contributed by atoms with Gasteiger partial charge in [-0.2, -0.15) is 0 Å². The van der Waals surface area contributed by atoms with E-state index in [4.69, 9.17) is 11.6 Å². The zero-order chi connectivity index (χ0) is 14.5. The molecule has 0 saturated heterocycles. The van der Waals surface area contributed by atoms with E-state index in [0.29, 0.717) is 0 Å². The van der Waals surface area contributed by atoms with Crippen LogP contribution in [0.4, 0.5) is 0 Å². The predicted octanol–water partition coefficient (Wildman–Crippen LogP) is 6.01. The monoisotopic (exact) mass is 303 g/mol. The third kappa shape index (κ3) is 3.20. The van der Waals surface area contributed by atoms with Crippen LogP contribution in [0.15, 0.2) is 64.5 Å². The van der Waals surface area contributed by atoms with Crippen molar-refractivity contribution < 1.29 is 0 Å². The molecule has 0 spiro atoms. The Bertz CT molecular complexity index is 689. The van der Waals surface area contributed by atoms with Crippen LogP contribution in [0.25, 0.3) is 10.9 Å². The number of hydrogen-bond acceptors (Lipinski definition) is 1. The summed E-state index contributed by atoms with van der Waals surface area (Å²) in [6.07, 6.45) is 2.15. The molecule has 0 radical (unpaired) electrons. The van der Waals surface area contributed by atoms with Gasteiger partial charge in [-0.15, -0.1) is 0 Å². The topological polar surface area (TPSA) is 4.93 Å². The van der Waals surface area contributed by atoms with E-state index >= 15 is 0 Å². The lowest BCUT2D eigenvalue weighted by molar-refractivity contribution is 0.957. The van der Waals surface area contributed by atoms with Crippen molar-refractivity contribution in [3.8, 4) is 0 Å². The van der Waals surface area contributed by atoms with Gasteiger partial charge in [-0.1, -0.05) is 55.4 Å². The Morgan fingerprint density at radius 1 is 1.00 bits per heavy atom. The van der Waals surface area contributed by atoms with Crippen molar-refractivity contribution in [3.63, 3.8) is 0 Å². The Labute approximate surface area is 129 Å². The van der Waals surface area contributed by atoms with Gasteiger partial charge in [-0.05, 0) is 30.3 Å². The number of fused-ring (bicyclic) bond motifs is 1. The Kier molecular flexibility index (Phi) is 5.16. The molecule has 3 rings (SSSR count). The molecule has 0 fully saturated rings. The maximum Gasteiger partial charge on any atom is 0.0490 e. The zero-order valence-electron chi connectivity index (χ0n) is 11.9. The van der Waals surface area contributed by atoms with E-state index in [1.165, 1.54) is 20.7 Å². The minimum Gasteiger partial charge on any atom is -0.349 e. The highest BCUT2D eigenvalue weighted by Crippen LogP contribution is 2.35. The summed E-state index contributed by atoms with van der Waals surface area (Å²) in [5.41, 5.74) is 1.21. The van der Waals surface area contributed by atoms with Crippen LogP contribution in [-0.4, -0.2) is 4.57 Å². The molecule has 1 heterocycles. The maximum absolute atomic E-state index is 6.08. The summed E-state index contributed by atoms with van der Waals surface area (Å²) >= 11 is 7.85. The lowest BCUT2D eigenvalue weighted by Crippen LogP contribution is -1.82. The lowest BCUT2D eigenvalue weighted by atomic mass is 10.2. The molecule has 3 heteroatoms. The number of benzene rings is 2. The van der Waals surface area contributed by atoms with E-state index in [1.54, 1.807) is 11.8 Å². The molecule has 0 bridgehead atoms. The van der Waals surface area contributed by atoms with Crippen LogP contribution in [0, 0.1) is 0 Å². The highest BCUT2D eigenvalue weighted by atomic mass is 35.5. The standard InChI is InChI=1S/C15H12ClNS.C2H6/c1-17-10-15(18-12-5-3-2-4-6-12)13-9-11(16)7-8-14(13)17;1-2/h2-10H,1H3;1-2H3. The molecule has 104 valence electrons. The Morgan fingerprint density at radius 3 is 2.40 bits per heavy atom. The third-order valence-corrected chi connectivity index (χ3v) is 4.17. The van der Waals surface area contributed by atoms with Gasteiger partial charge in [0.05, 0.1) is 0 Å². The Balaban J connectivity index is 0.000000704. The Hall–Kier alpha value is -1.38. The summed E-state index contributed by atoms with van der Waals surface area (Å²) in [5.74, 6) is 0. The summed E-state index contributed by atoms with van der Waals surface area (Å²) in [6, 6.07) is 16.4. The molecule has 3 aromatic rings. The van der Waals surface area contributed by atoms with E-state index < -0.39 is 0 Å². The zero-order valence-corrected chi connectivity index (χ0v) is 13.5. The Morgan fingerprint density at radius 2 is 1.70 bits per heavy atom. The molecule has 20 heavy (non-hydrogen) atoms. The van der Waals surface area contributed by atoms with Crippen LogP contribution >= 0.6 is 23.4 Å². The van der Waals surface area contributed by atoms with E-state index in [0.717, 1.165) is 5.02 Å². The fraction of sp³-hybridized carbons (Fsp3) is 0.176. The van der Waals surface area contributed by atoms with Crippen LogP contribution in [-0.2, 0) is 7.05 Å². The molecule has 1 aromatic heterocycles. The first-order chi connectivity index (χ1) is 9.74. The normalized spacial score (nSPS) is 10.2. The van der Waals surface area contributed by atoms with Crippen LogP contribution < -0.4 is 0 Å². The summed E-state index contributed by atoms with van der Waals surface area (Å²) < 4.78 is 2.14. The predicted molar refractivity (Wildman–Crippen MR) is 89.8 cm³/mol. The summed E-state index contributed by atoms with van der Waals surface area (Å²) in [4.78, 5) is 2.48. The van der Waals surface area contributed by atoms with Crippen LogP contribution in [0.1, 0.15) is 13.8 Å². The number of rotatable bonds is 2. The van der Waals surface area contributed by atoms with Gasteiger partial charge in [0.2, 0.25) is 0 Å². The van der Waals surface area contributed by atoms with Gasteiger partial charge in [0.15, 0.2) is 0 Å². The second-order valence-electron chi connectivity index (χ2n) is 4.18. The van der Waals surface area contributed by atoms with Crippen molar-refractivity contribution in [2.24, 2.45) is 7.05 Å². The first kappa shape index (κ1) is 15.0. The summed E-state index contributed by atoms with van der Waals surface area (Å²) in [6.45, 7) is 4.00. The number of aryl methyl sites for hydroxylation is 1. The molecule has 0 unspecified atom stereocenters. The van der Waals surface area contributed by atoms with Gasteiger partial charge >= 0.3 is 0 Å². The van der Waals surface area contributed by atoms with Crippen molar-refractivity contribution in [1.82, 2.24) is 4.57 Å². The minimum absolute atomic E-state index is 0.781. The highest BCUT2D eigenvalue weighted by Gasteiger charge is 2.08. The molecular formula is C17H18ClNS. The molecule has 0 saturated carbocycles. The second-order valence-corrected chi connectivity index (χ2v) is 5.73. The lowest BCUT2D eigenvalue weighted by Gasteiger charge is -1.99. The summed E-state index contributed by atoms with van der Waals surface area (Å²) in [5, 5.41) is 1.99. The highest BCUT2D eigenvalue weighted by molar-refractivity contribution is 7.99. The van der Waals surface area contributed by atoms with Gasteiger partial charge in [0.1, 0.15) is 0 Å². The number of nitrogens with zero attached hydrogens (tertiary/aromatic N) is 1. The van der Waals surface area contributed by atoms with Crippen molar-refractivity contribution in [2.75, 3.05) is 0 Å². The molecule has 0 aliphatic carbocycles. The van der Waals surface area contributed by atoms with Gasteiger partial charge in [0, 0.05) is 39.0 Å². The number of aromatic nitrogens is 1. The molecule has 0 amide bonds. The third-order valence-electron chi connectivity index (χ3n) is 2.89. The van der Waals surface area contributed by atoms with Crippen LogP contribution in [0.5, 0.6) is 0 Å². The fourth-order valence-electron chi connectivity index (χ4n) is 2.02. The molecule has 2 aromatic carbocycles. The molecule has 0 aliphatic heterocycles. The van der Waals surface area contributed by atoms with Crippen molar-refractivity contribution in [3.05, 3.63) is 59.8 Å². The minimum atomic E-state index is 0.781. The SMILES string of the molecule is CC.Cn1cc(Sc2ccccc2)c2cc(Cl)ccc21. The fourth-order valence-corrected chi connectivity index (χ4v) is 3.23.